The lowest BCUT2D eigenvalue weighted by atomic mass is 9.90. The number of anilines is 1. The molecule has 0 saturated carbocycles. The van der Waals surface area contributed by atoms with Crippen molar-refractivity contribution in [3.8, 4) is 0 Å². The number of hydroxylamine groups is 1. The van der Waals surface area contributed by atoms with Crippen LogP contribution in [-0.4, -0.2) is 48.7 Å². The molecule has 1 aliphatic rings. The molecule has 1 fully saturated rings. The predicted molar refractivity (Wildman–Crippen MR) is 99.0 cm³/mol. The van der Waals surface area contributed by atoms with Crippen LogP contribution in [0.15, 0.2) is 54.6 Å². The molecule has 5 heteroatoms. The highest BCUT2D eigenvalue weighted by Gasteiger charge is 2.23. The molecule has 2 aromatic carbocycles. The Labute approximate surface area is 148 Å². The van der Waals surface area contributed by atoms with Gasteiger partial charge in [0.05, 0.1) is 5.92 Å². The highest BCUT2D eigenvalue weighted by atomic mass is 16.5. The molecule has 0 bridgehead atoms. The standard InChI is InChI=1S/C20H25N3O2/c1-2-22-11-13-23(14-12-22)18-10-6-9-17(15-18)19(20(24)21-25)16-7-4-3-5-8-16/h3-10,15,19,25H,2,11-14H2,1H3,(H,21,24). The second-order valence-electron chi connectivity index (χ2n) is 6.34. The van der Waals surface area contributed by atoms with Crippen molar-refractivity contribution < 1.29 is 10.0 Å². The lowest BCUT2D eigenvalue weighted by Gasteiger charge is -2.35. The fourth-order valence-corrected chi connectivity index (χ4v) is 3.43. The van der Waals surface area contributed by atoms with Crippen LogP contribution in [0.2, 0.25) is 0 Å². The van der Waals surface area contributed by atoms with Gasteiger partial charge in [-0.1, -0.05) is 49.4 Å². The van der Waals surface area contributed by atoms with Crippen molar-refractivity contribution in [2.24, 2.45) is 0 Å². The Bertz CT molecular complexity index is 697. The first-order valence-corrected chi connectivity index (χ1v) is 8.79. The van der Waals surface area contributed by atoms with Crippen molar-refractivity contribution in [2.45, 2.75) is 12.8 Å². The van der Waals surface area contributed by atoms with Crippen LogP contribution in [0, 0.1) is 0 Å². The van der Waals surface area contributed by atoms with Gasteiger partial charge in [0.25, 0.3) is 5.91 Å². The maximum atomic E-state index is 12.3. The number of hydrogen-bond acceptors (Lipinski definition) is 4. The number of carbonyl (C=O) groups excluding carboxylic acids is 1. The van der Waals surface area contributed by atoms with Gasteiger partial charge in [-0.3, -0.25) is 10.0 Å². The minimum atomic E-state index is -0.525. The molecule has 0 spiro atoms. The maximum Gasteiger partial charge on any atom is 0.255 e. The monoisotopic (exact) mass is 339 g/mol. The van der Waals surface area contributed by atoms with Gasteiger partial charge in [0.1, 0.15) is 0 Å². The molecule has 132 valence electrons. The van der Waals surface area contributed by atoms with Crippen LogP contribution in [0.3, 0.4) is 0 Å². The molecule has 0 aliphatic carbocycles. The molecule has 3 rings (SSSR count). The second kappa shape index (κ2) is 8.14. The van der Waals surface area contributed by atoms with E-state index in [1.807, 2.05) is 47.9 Å². The zero-order valence-corrected chi connectivity index (χ0v) is 14.6. The molecule has 1 aliphatic heterocycles. The molecule has 1 atom stereocenters. The number of nitrogens with zero attached hydrogens (tertiary/aromatic N) is 2. The van der Waals surface area contributed by atoms with Crippen LogP contribution in [0.5, 0.6) is 0 Å². The van der Waals surface area contributed by atoms with E-state index in [0.29, 0.717) is 0 Å². The highest BCUT2D eigenvalue weighted by molar-refractivity contribution is 5.86. The van der Waals surface area contributed by atoms with Gasteiger partial charge >= 0.3 is 0 Å². The topological polar surface area (TPSA) is 55.8 Å². The van der Waals surface area contributed by atoms with E-state index in [9.17, 15) is 10.0 Å². The van der Waals surface area contributed by atoms with Crippen molar-refractivity contribution in [1.82, 2.24) is 10.4 Å². The first kappa shape index (κ1) is 17.5. The lowest BCUT2D eigenvalue weighted by molar-refractivity contribution is -0.129. The Hall–Kier alpha value is -2.37. The summed E-state index contributed by atoms with van der Waals surface area (Å²) in [7, 11) is 0. The molecule has 25 heavy (non-hydrogen) atoms. The number of rotatable bonds is 5. The van der Waals surface area contributed by atoms with E-state index in [0.717, 1.165) is 49.5 Å². The number of carbonyl (C=O) groups is 1. The molecule has 2 aromatic rings. The highest BCUT2D eigenvalue weighted by Crippen LogP contribution is 2.28. The van der Waals surface area contributed by atoms with Gasteiger partial charge in [0.2, 0.25) is 0 Å². The minimum Gasteiger partial charge on any atom is -0.369 e. The van der Waals surface area contributed by atoms with Gasteiger partial charge in [0, 0.05) is 31.9 Å². The average molecular weight is 339 g/mol. The van der Waals surface area contributed by atoms with E-state index in [1.165, 1.54) is 0 Å². The third-order valence-corrected chi connectivity index (χ3v) is 4.89. The van der Waals surface area contributed by atoms with Crippen LogP contribution < -0.4 is 10.4 Å². The van der Waals surface area contributed by atoms with E-state index >= 15 is 0 Å². The van der Waals surface area contributed by atoms with Crippen molar-refractivity contribution >= 4 is 11.6 Å². The molecule has 1 amide bonds. The van der Waals surface area contributed by atoms with E-state index in [4.69, 9.17) is 0 Å². The fraction of sp³-hybridized carbons (Fsp3) is 0.350. The molecule has 1 heterocycles. The van der Waals surface area contributed by atoms with Gasteiger partial charge in [0.15, 0.2) is 0 Å². The van der Waals surface area contributed by atoms with Crippen LogP contribution >= 0.6 is 0 Å². The minimum absolute atomic E-state index is 0.417. The first-order valence-electron chi connectivity index (χ1n) is 8.79. The Balaban J connectivity index is 1.87. The van der Waals surface area contributed by atoms with Gasteiger partial charge < -0.3 is 9.80 Å². The summed E-state index contributed by atoms with van der Waals surface area (Å²) in [6, 6.07) is 17.6. The Morgan fingerprint density at radius 3 is 2.36 bits per heavy atom. The smallest absolute Gasteiger partial charge is 0.255 e. The Morgan fingerprint density at radius 1 is 1.04 bits per heavy atom. The summed E-state index contributed by atoms with van der Waals surface area (Å²) < 4.78 is 0. The molecular formula is C20H25N3O2. The number of hydrogen-bond donors (Lipinski definition) is 2. The van der Waals surface area contributed by atoms with Gasteiger partial charge in [-0.05, 0) is 29.8 Å². The molecule has 1 saturated heterocycles. The van der Waals surface area contributed by atoms with Crippen molar-refractivity contribution in [1.29, 1.82) is 0 Å². The second-order valence-corrected chi connectivity index (χ2v) is 6.34. The zero-order chi connectivity index (χ0) is 17.6. The number of benzene rings is 2. The van der Waals surface area contributed by atoms with Crippen LogP contribution in [-0.2, 0) is 4.79 Å². The molecule has 0 aromatic heterocycles. The summed E-state index contributed by atoms with van der Waals surface area (Å²) in [5.74, 6) is -0.942. The molecule has 2 N–H and O–H groups in total. The van der Waals surface area contributed by atoms with Crippen molar-refractivity contribution in [3.63, 3.8) is 0 Å². The molecule has 5 nitrogen and oxygen atoms in total. The van der Waals surface area contributed by atoms with Gasteiger partial charge in [-0.2, -0.15) is 0 Å². The normalized spacial score (nSPS) is 16.5. The zero-order valence-electron chi connectivity index (χ0n) is 14.6. The summed E-state index contributed by atoms with van der Waals surface area (Å²) in [5, 5.41) is 9.19. The maximum absolute atomic E-state index is 12.3. The summed E-state index contributed by atoms with van der Waals surface area (Å²) in [4.78, 5) is 17.1. The van der Waals surface area contributed by atoms with Crippen LogP contribution in [0.4, 0.5) is 5.69 Å². The van der Waals surface area contributed by atoms with Crippen molar-refractivity contribution in [3.05, 3.63) is 65.7 Å². The Morgan fingerprint density at radius 2 is 1.72 bits per heavy atom. The third kappa shape index (κ3) is 4.00. The number of nitrogens with one attached hydrogen (secondary N) is 1. The van der Waals surface area contributed by atoms with Crippen LogP contribution in [0.25, 0.3) is 0 Å². The first-order chi connectivity index (χ1) is 12.2. The van der Waals surface area contributed by atoms with E-state index in [-0.39, 0.29) is 0 Å². The SMILES string of the molecule is CCN1CCN(c2cccc(C(C(=O)NO)c3ccccc3)c2)CC1. The lowest BCUT2D eigenvalue weighted by Crippen LogP contribution is -2.46. The number of piperazine rings is 1. The van der Waals surface area contributed by atoms with E-state index in [2.05, 4.69) is 28.9 Å². The van der Waals surface area contributed by atoms with E-state index in [1.54, 1.807) is 0 Å². The molecule has 1 unspecified atom stereocenters. The summed E-state index contributed by atoms with van der Waals surface area (Å²) in [6.07, 6.45) is 0. The van der Waals surface area contributed by atoms with Crippen LogP contribution in [0.1, 0.15) is 24.0 Å². The molecular weight excluding hydrogens is 314 g/mol. The van der Waals surface area contributed by atoms with Gasteiger partial charge in [-0.25, -0.2) is 5.48 Å². The molecule has 0 radical (unpaired) electrons. The van der Waals surface area contributed by atoms with E-state index < -0.39 is 11.8 Å². The summed E-state index contributed by atoms with van der Waals surface area (Å²) >= 11 is 0. The number of amides is 1. The largest absolute Gasteiger partial charge is 0.369 e. The number of likely N-dealkylation sites (N-methyl/N-ethyl adjacent to an activating group) is 1. The summed E-state index contributed by atoms with van der Waals surface area (Å²) in [6.45, 7) is 7.35. The third-order valence-electron chi connectivity index (χ3n) is 4.89. The average Bonchev–Trinajstić information content (AvgIpc) is 2.69. The fourth-order valence-electron chi connectivity index (χ4n) is 3.43. The van der Waals surface area contributed by atoms with Crippen molar-refractivity contribution in [2.75, 3.05) is 37.6 Å². The quantitative estimate of drug-likeness (QED) is 0.649. The van der Waals surface area contributed by atoms with Gasteiger partial charge in [-0.15, -0.1) is 0 Å². The summed E-state index contributed by atoms with van der Waals surface area (Å²) in [5.41, 5.74) is 4.69. The predicted octanol–water partition coefficient (Wildman–Crippen LogP) is 2.47. The Kier molecular flexibility index (Phi) is 5.68.